The average molecular weight is 116 g/mol. The molecule has 42 valence electrons. The van der Waals surface area contributed by atoms with Crippen LogP contribution in [0.25, 0.3) is 0 Å². The van der Waals surface area contributed by atoms with Crippen LogP contribution >= 0.6 is 0 Å². The van der Waals surface area contributed by atoms with Crippen molar-refractivity contribution in [3.05, 3.63) is 10.1 Å². The van der Waals surface area contributed by atoms with Crippen LogP contribution in [0.4, 0.5) is 0 Å². The minimum atomic E-state index is -0.653. The number of hydrogen-bond donors (Lipinski definition) is 1. The highest BCUT2D eigenvalue weighted by atomic mass is 16.6. The number of nitro groups is 1. The Balaban J connectivity index is 2.64. The van der Waals surface area contributed by atoms with Gasteiger partial charge in [0.2, 0.25) is 0 Å². The molecule has 8 heavy (non-hydrogen) atoms. The second-order valence-electron chi connectivity index (χ2n) is 1.05. The van der Waals surface area contributed by atoms with Gasteiger partial charge in [0.25, 0.3) is 0 Å². The molecule has 1 rings (SSSR count). The summed E-state index contributed by atoms with van der Waals surface area (Å²) in [6, 6.07) is 0. The predicted octanol–water partition coefficient (Wildman–Crippen LogP) is -1.52. The summed E-state index contributed by atoms with van der Waals surface area (Å²) in [4.78, 5) is 9.07. The molecule has 2 N–H and O–H groups in total. The van der Waals surface area contributed by atoms with E-state index in [2.05, 4.69) is 15.5 Å². The maximum atomic E-state index is 9.73. The molecule has 0 saturated heterocycles. The van der Waals surface area contributed by atoms with Crippen molar-refractivity contribution in [3.63, 3.8) is 0 Å². The zero-order valence-corrected chi connectivity index (χ0v) is 3.68. The number of hydrogen-bond acceptors (Lipinski definition) is 5. The van der Waals surface area contributed by atoms with E-state index in [0.717, 1.165) is 5.43 Å². The summed E-state index contributed by atoms with van der Waals surface area (Å²) in [5, 5.41) is 18.9. The van der Waals surface area contributed by atoms with Gasteiger partial charge in [0.05, 0.1) is 5.22 Å². The van der Waals surface area contributed by atoms with Crippen LogP contribution in [0, 0.1) is 10.1 Å². The second-order valence-corrected chi connectivity index (χ2v) is 1.05. The monoisotopic (exact) mass is 116 g/mol. The standard InChI is InChI=1S/CHN5O2/c7-6(8)1-2-4-5-3-1/h(H,2,3,4,5)/p+1. The van der Waals surface area contributed by atoms with Crippen LogP contribution in [-0.4, -0.2) is 10.9 Å². The van der Waals surface area contributed by atoms with E-state index < -0.39 is 4.92 Å². The first-order valence-electron chi connectivity index (χ1n) is 1.76. The van der Waals surface area contributed by atoms with Gasteiger partial charge in [-0.15, -0.1) is 0 Å². The van der Waals surface area contributed by atoms with Crippen molar-refractivity contribution < 1.29 is 10.3 Å². The average Bonchev–Trinajstić information content (AvgIpc) is 2.12. The molecule has 0 aromatic carbocycles. The van der Waals surface area contributed by atoms with Crippen LogP contribution in [0.3, 0.4) is 0 Å². The quantitative estimate of drug-likeness (QED) is 0.236. The Labute approximate surface area is 43.2 Å². The maximum Gasteiger partial charge on any atom is 0.589 e. The molecule has 0 aromatic rings. The number of nitrogens with two attached hydrogens (primary N) is 1. The van der Waals surface area contributed by atoms with Crippen LogP contribution < -0.4 is 5.43 Å². The van der Waals surface area contributed by atoms with E-state index in [1.54, 1.807) is 0 Å². The molecule has 7 heteroatoms. The van der Waals surface area contributed by atoms with Crippen LogP contribution in [0.15, 0.2) is 15.5 Å². The third-order valence-electron chi connectivity index (χ3n) is 0.559. The molecular weight excluding hydrogens is 114 g/mol. The summed E-state index contributed by atoms with van der Waals surface area (Å²) < 4.78 is 0. The summed E-state index contributed by atoms with van der Waals surface area (Å²) in [6.45, 7) is 0. The van der Waals surface area contributed by atoms with E-state index in [4.69, 9.17) is 0 Å². The molecule has 0 unspecified atom stereocenters. The van der Waals surface area contributed by atoms with Gasteiger partial charge in [-0.3, -0.25) is 0 Å². The van der Waals surface area contributed by atoms with Gasteiger partial charge in [0, 0.05) is 4.92 Å². The molecule has 0 saturated carbocycles. The Kier molecular flexibility index (Phi) is 0.968. The molecular formula is CH2N5O2+. The van der Waals surface area contributed by atoms with Gasteiger partial charge in [-0.1, -0.05) is 5.43 Å². The lowest BCUT2D eigenvalue weighted by Crippen LogP contribution is -2.82. The Morgan fingerprint density at radius 2 is 2.50 bits per heavy atom. The molecule has 0 atom stereocenters. The fourth-order valence-corrected chi connectivity index (χ4v) is 0.259. The first kappa shape index (κ1) is 4.78. The molecule has 0 radical (unpaired) electrons. The minimum absolute atomic E-state index is 0.315. The van der Waals surface area contributed by atoms with Crippen molar-refractivity contribution in [1.82, 2.24) is 0 Å². The fourth-order valence-electron chi connectivity index (χ4n) is 0.259. The maximum absolute atomic E-state index is 9.73. The third kappa shape index (κ3) is 0.658. The Morgan fingerprint density at radius 1 is 1.75 bits per heavy atom. The van der Waals surface area contributed by atoms with Gasteiger partial charge in [-0.05, 0) is 0 Å². The second kappa shape index (κ2) is 1.62. The molecule has 7 nitrogen and oxygen atoms in total. The minimum Gasteiger partial charge on any atom is -0.354 e. The van der Waals surface area contributed by atoms with E-state index in [9.17, 15) is 10.1 Å². The Morgan fingerprint density at radius 3 is 2.75 bits per heavy atom. The highest BCUT2D eigenvalue weighted by molar-refractivity contribution is 5.60. The number of nitrogens with zero attached hydrogens (tertiary/aromatic N) is 4. The normalized spacial score (nSPS) is 16.2. The lowest BCUT2D eigenvalue weighted by Gasteiger charge is -1.79. The van der Waals surface area contributed by atoms with Gasteiger partial charge < -0.3 is 10.1 Å². The summed E-state index contributed by atoms with van der Waals surface area (Å²) in [6.07, 6.45) is 0. The number of guanidine groups is 1. The van der Waals surface area contributed by atoms with E-state index >= 15 is 0 Å². The highest BCUT2D eigenvalue weighted by Gasteiger charge is 2.22. The topological polar surface area (TPSA) is 96.8 Å². The molecule has 0 aromatic heterocycles. The van der Waals surface area contributed by atoms with Crippen molar-refractivity contribution >= 4 is 5.96 Å². The van der Waals surface area contributed by atoms with E-state index in [0.29, 0.717) is 0 Å². The zero-order chi connectivity index (χ0) is 5.98. The van der Waals surface area contributed by atoms with Gasteiger partial charge in [0.15, 0.2) is 5.10 Å². The van der Waals surface area contributed by atoms with Gasteiger partial charge >= 0.3 is 5.96 Å². The van der Waals surface area contributed by atoms with Crippen molar-refractivity contribution in [3.8, 4) is 0 Å². The first-order chi connectivity index (χ1) is 3.80. The largest absolute Gasteiger partial charge is 0.589 e. The molecule has 0 bridgehead atoms. The van der Waals surface area contributed by atoms with Crippen molar-refractivity contribution in [2.75, 3.05) is 0 Å². The molecule has 1 aliphatic heterocycles. The molecule has 1 heterocycles. The van der Waals surface area contributed by atoms with Gasteiger partial charge in [0.1, 0.15) is 5.22 Å². The van der Waals surface area contributed by atoms with Crippen molar-refractivity contribution in [1.29, 1.82) is 0 Å². The lowest BCUT2D eigenvalue weighted by atomic mass is 11.1. The van der Waals surface area contributed by atoms with Crippen LogP contribution in [0.5, 0.6) is 0 Å². The van der Waals surface area contributed by atoms with Gasteiger partial charge in [-0.25, -0.2) is 0 Å². The third-order valence-corrected chi connectivity index (χ3v) is 0.559. The van der Waals surface area contributed by atoms with Crippen molar-refractivity contribution in [2.45, 2.75) is 0 Å². The SMILES string of the molecule is O=[N+]([O-])C1=NN=N[NH2+]1. The smallest absolute Gasteiger partial charge is 0.354 e. The first-order valence-corrected chi connectivity index (χ1v) is 1.76. The van der Waals surface area contributed by atoms with E-state index in [1.807, 2.05) is 0 Å². The van der Waals surface area contributed by atoms with Crippen molar-refractivity contribution in [2.24, 2.45) is 15.5 Å². The Hall–Kier alpha value is -1.37. The van der Waals surface area contributed by atoms with Crippen LogP contribution in [-0.2, 0) is 0 Å². The summed E-state index contributed by atoms with van der Waals surface area (Å²) >= 11 is 0. The van der Waals surface area contributed by atoms with Crippen LogP contribution in [0.2, 0.25) is 0 Å². The zero-order valence-electron chi connectivity index (χ0n) is 3.68. The molecule has 0 amide bonds. The predicted molar refractivity (Wildman–Crippen MR) is 21.2 cm³/mol. The summed E-state index contributed by atoms with van der Waals surface area (Å²) in [5.74, 6) is -0.315. The number of rotatable bonds is 0. The molecule has 0 spiro atoms. The van der Waals surface area contributed by atoms with E-state index in [1.165, 1.54) is 0 Å². The fraction of sp³-hybridized carbons (Fsp3) is 0. The molecule has 0 fully saturated rings. The van der Waals surface area contributed by atoms with E-state index in [-0.39, 0.29) is 5.96 Å². The number of quaternary nitrogens is 1. The van der Waals surface area contributed by atoms with Gasteiger partial charge in [-0.2, -0.15) is 0 Å². The summed E-state index contributed by atoms with van der Waals surface area (Å²) in [7, 11) is 0. The molecule has 0 aliphatic carbocycles. The summed E-state index contributed by atoms with van der Waals surface area (Å²) in [5.41, 5.74) is 0.986. The van der Waals surface area contributed by atoms with Crippen LogP contribution in [0.1, 0.15) is 0 Å². The lowest BCUT2D eigenvalue weighted by molar-refractivity contribution is -0.623. The Bertz CT molecular complexity index is 169. The molecule has 1 aliphatic rings. The highest BCUT2D eigenvalue weighted by Crippen LogP contribution is 1.77.